The van der Waals surface area contributed by atoms with Crippen LogP contribution >= 0.6 is 0 Å². The largest absolute Gasteiger partial charge is 0.443 e. The van der Waals surface area contributed by atoms with Crippen molar-refractivity contribution in [1.29, 1.82) is 0 Å². The van der Waals surface area contributed by atoms with Gasteiger partial charge < -0.3 is 9.84 Å². The van der Waals surface area contributed by atoms with Crippen LogP contribution in [-0.4, -0.2) is 22.6 Å². The molecule has 1 saturated heterocycles. The van der Waals surface area contributed by atoms with E-state index in [0.29, 0.717) is 6.42 Å². The number of amides is 1. The summed E-state index contributed by atoms with van der Waals surface area (Å²) in [5.41, 5.74) is 1.79. The minimum absolute atomic E-state index is 0.164. The van der Waals surface area contributed by atoms with Gasteiger partial charge in [0.1, 0.15) is 6.61 Å². The van der Waals surface area contributed by atoms with Crippen molar-refractivity contribution in [3.63, 3.8) is 0 Å². The van der Waals surface area contributed by atoms with Crippen molar-refractivity contribution in [3.05, 3.63) is 71.8 Å². The summed E-state index contributed by atoms with van der Waals surface area (Å²) in [5, 5.41) is 10.8. The fourth-order valence-corrected chi connectivity index (χ4v) is 2.43. The maximum atomic E-state index is 12.2. The molecule has 1 N–H and O–H groups in total. The molecule has 1 amide bonds. The van der Waals surface area contributed by atoms with E-state index >= 15 is 0 Å². The second-order valence-corrected chi connectivity index (χ2v) is 5.09. The second kappa shape index (κ2) is 6.60. The first-order valence-electron chi connectivity index (χ1n) is 7.14. The standard InChI is InChI=1S/C17H17NO4/c19-16-11-15(14-9-5-2-6-10-14)18(22-16)17(20)21-12-13-7-3-1-4-8-13/h1-10,15-16,19H,11-12H2/t15-,16-/m1/s1. The molecule has 0 radical (unpaired) electrons. The Balaban J connectivity index is 1.67. The number of aliphatic hydroxyl groups excluding tert-OH is 1. The number of nitrogens with zero attached hydrogens (tertiary/aromatic N) is 1. The van der Waals surface area contributed by atoms with E-state index in [4.69, 9.17) is 9.57 Å². The Labute approximate surface area is 128 Å². The van der Waals surface area contributed by atoms with Gasteiger partial charge in [0.15, 0.2) is 6.29 Å². The summed E-state index contributed by atoms with van der Waals surface area (Å²) in [6.45, 7) is 0.164. The highest BCUT2D eigenvalue weighted by Crippen LogP contribution is 2.33. The summed E-state index contributed by atoms with van der Waals surface area (Å²) >= 11 is 0. The molecule has 0 saturated carbocycles. The lowest BCUT2D eigenvalue weighted by Crippen LogP contribution is -2.30. The van der Waals surface area contributed by atoms with Crippen molar-refractivity contribution in [2.45, 2.75) is 25.4 Å². The van der Waals surface area contributed by atoms with E-state index in [2.05, 4.69) is 0 Å². The topological polar surface area (TPSA) is 59.0 Å². The van der Waals surface area contributed by atoms with Gasteiger partial charge in [-0.05, 0) is 11.1 Å². The molecule has 1 aliphatic rings. The van der Waals surface area contributed by atoms with Gasteiger partial charge in [-0.1, -0.05) is 60.7 Å². The summed E-state index contributed by atoms with van der Waals surface area (Å²) in [6, 6.07) is 18.5. The molecule has 2 atom stereocenters. The normalized spacial score (nSPS) is 20.9. The van der Waals surface area contributed by atoms with Crippen LogP contribution in [0.2, 0.25) is 0 Å². The molecule has 0 spiro atoms. The van der Waals surface area contributed by atoms with E-state index in [1.54, 1.807) is 0 Å². The average Bonchev–Trinajstić information content (AvgIpc) is 2.96. The number of carbonyl (C=O) groups excluding carboxylic acids is 1. The number of carbonyl (C=O) groups is 1. The smallest absolute Gasteiger partial charge is 0.434 e. The molecule has 0 aromatic heterocycles. The Hall–Kier alpha value is -2.37. The van der Waals surface area contributed by atoms with Crippen LogP contribution in [0.5, 0.6) is 0 Å². The molecule has 0 aliphatic carbocycles. The van der Waals surface area contributed by atoms with Gasteiger partial charge in [0.2, 0.25) is 0 Å². The van der Waals surface area contributed by atoms with Crippen LogP contribution < -0.4 is 0 Å². The van der Waals surface area contributed by atoms with Crippen LogP contribution in [0.4, 0.5) is 4.79 Å². The maximum absolute atomic E-state index is 12.2. The van der Waals surface area contributed by atoms with E-state index in [-0.39, 0.29) is 12.6 Å². The third kappa shape index (κ3) is 3.27. The molecular weight excluding hydrogens is 282 g/mol. The molecular formula is C17H17NO4. The Morgan fingerprint density at radius 3 is 2.45 bits per heavy atom. The third-order valence-corrected chi connectivity index (χ3v) is 3.51. The number of hydroxylamine groups is 2. The van der Waals surface area contributed by atoms with Gasteiger partial charge in [0, 0.05) is 6.42 Å². The monoisotopic (exact) mass is 299 g/mol. The number of hydrogen-bond acceptors (Lipinski definition) is 4. The highest BCUT2D eigenvalue weighted by atomic mass is 16.8. The molecule has 1 aliphatic heterocycles. The van der Waals surface area contributed by atoms with E-state index in [1.807, 2.05) is 60.7 Å². The minimum atomic E-state index is -1.01. The summed E-state index contributed by atoms with van der Waals surface area (Å²) < 4.78 is 5.26. The van der Waals surface area contributed by atoms with E-state index in [0.717, 1.165) is 16.2 Å². The molecule has 0 bridgehead atoms. The fourth-order valence-electron chi connectivity index (χ4n) is 2.43. The predicted octanol–water partition coefficient (Wildman–Crippen LogP) is 3.02. The van der Waals surface area contributed by atoms with Gasteiger partial charge in [0.05, 0.1) is 6.04 Å². The van der Waals surface area contributed by atoms with Crippen LogP contribution in [0.15, 0.2) is 60.7 Å². The second-order valence-electron chi connectivity index (χ2n) is 5.09. The minimum Gasteiger partial charge on any atom is -0.443 e. The number of hydrogen-bond donors (Lipinski definition) is 1. The maximum Gasteiger partial charge on any atom is 0.434 e. The Kier molecular flexibility index (Phi) is 4.37. The number of ether oxygens (including phenoxy) is 1. The predicted molar refractivity (Wildman–Crippen MR) is 79.4 cm³/mol. The molecule has 0 unspecified atom stereocenters. The van der Waals surface area contributed by atoms with Crippen molar-refractivity contribution in [3.8, 4) is 0 Å². The highest BCUT2D eigenvalue weighted by molar-refractivity contribution is 5.67. The number of rotatable bonds is 3. The van der Waals surface area contributed by atoms with Crippen molar-refractivity contribution >= 4 is 6.09 Å². The van der Waals surface area contributed by atoms with Crippen LogP contribution in [0, 0.1) is 0 Å². The highest BCUT2D eigenvalue weighted by Gasteiger charge is 2.38. The summed E-state index contributed by atoms with van der Waals surface area (Å²) in [5.74, 6) is 0. The van der Waals surface area contributed by atoms with Crippen molar-refractivity contribution < 1.29 is 19.5 Å². The van der Waals surface area contributed by atoms with Gasteiger partial charge in [-0.15, -0.1) is 0 Å². The van der Waals surface area contributed by atoms with E-state index < -0.39 is 12.4 Å². The van der Waals surface area contributed by atoms with Crippen molar-refractivity contribution in [2.24, 2.45) is 0 Å². The van der Waals surface area contributed by atoms with Gasteiger partial charge in [-0.3, -0.25) is 0 Å². The molecule has 2 aromatic rings. The average molecular weight is 299 g/mol. The summed E-state index contributed by atoms with van der Waals surface area (Å²) in [7, 11) is 0. The van der Waals surface area contributed by atoms with E-state index in [1.165, 1.54) is 0 Å². The number of benzene rings is 2. The Bertz CT molecular complexity index is 617. The summed E-state index contributed by atoms with van der Waals surface area (Å²) in [4.78, 5) is 17.4. The first kappa shape index (κ1) is 14.6. The zero-order valence-corrected chi connectivity index (χ0v) is 12.0. The van der Waals surface area contributed by atoms with Crippen LogP contribution in [0.25, 0.3) is 0 Å². The van der Waals surface area contributed by atoms with Crippen LogP contribution in [0.1, 0.15) is 23.6 Å². The lowest BCUT2D eigenvalue weighted by Gasteiger charge is -2.21. The molecule has 114 valence electrons. The lowest BCUT2D eigenvalue weighted by atomic mass is 10.0. The molecule has 3 rings (SSSR count). The quantitative estimate of drug-likeness (QED) is 0.946. The molecule has 1 fully saturated rings. The third-order valence-electron chi connectivity index (χ3n) is 3.51. The van der Waals surface area contributed by atoms with Crippen molar-refractivity contribution in [1.82, 2.24) is 5.06 Å². The lowest BCUT2D eigenvalue weighted by molar-refractivity contribution is -0.202. The van der Waals surface area contributed by atoms with Gasteiger partial charge in [-0.2, -0.15) is 5.06 Å². The van der Waals surface area contributed by atoms with Gasteiger partial charge >= 0.3 is 6.09 Å². The SMILES string of the molecule is O=C(OCc1ccccc1)N1O[C@@H](O)C[C@@H]1c1ccccc1. The van der Waals surface area contributed by atoms with Gasteiger partial charge in [0.25, 0.3) is 0 Å². The molecule has 5 nitrogen and oxygen atoms in total. The van der Waals surface area contributed by atoms with Crippen molar-refractivity contribution in [2.75, 3.05) is 0 Å². The first-order valence-corrected chi connectivity index (χ1v) is 7.14. The summed E-state index contributed by atoms with van der Waals surface area (Å²) in [6.07, 6.45) is -1.28. The molecule has 1 heterocycles. The van der Waals surface area contributed by atoms with Crippen LogP contribution in [0.3, 0.4) is 0 Å². The zero-order chi connectivity index (χ0) is 15.4. The number of aliphatic hydroxyl groups is 1. The zero-order valence-electron chi connectivity index (χ0n) is 12.0. The first-order chi connectivity index (χ1) is 10.7. The van der Waals surface area contributed by atoms with E-state index in [9.17, 15) is 9.90 Å². The van der Waals surface area contributed by atoms with Gasteiger partial charge in [-0.25, -0.2) is 9.63 Å². The molecule has 2 aromatic carbocycles. The molecule has 22 heavy (non-hydrogen) atoms. The molecule has 5 heteroatoms. The fraction of sp³-hybridized carbons (Fsp3) is 0.235. The Morgan fingerprint density at radius 1 is 1.14 bits per heavy atom. The van der Waals surface area contributed by atoms with Crippen LogP contribution in [-0.2, 0) is 16.2 Å². The Morgan fingerprint density at radius 2 is 1.77 bits per heavy atom.